The molecule has 0 unspecified atom stereocenters. The number of anilines is 1. The second-order valence-electron chi connectivity index (χ2n) is 7.00. The molecule has 0 saturated heterocycles. The number of carbonyl (C=O) groups is 1. The summed E-state index contributed by atoms with van der Waals surface area (Å²) < 4.78 is 0. The molecule has 0 radical (unpaired) electrons. The highest BCUT2D eigenvalue weighted by Crippen LogP contribution is 2.28. The van der Waals surface area contributed by atoms with Gasteiger partial charge in [0.2, 0.25) is 5.91 Å². The van der Waals surface area contributed by atoms with E-state index in [0.717, 1.165) is 40.7 Å². The fourth-order valence-corrected chi connectivity index (χ4v) is 3.12. The van der Waals surface area contributed by atoms with Gasteiger partial charge in [0.1, 0.15) is 5.82 Å². The van der Waals surface area contributed by atoms with Crippen LogP contribution in [0.25, 0.3) is 22.3 Å². The summed E-state index contributed by atoms with van der Waals surface area (Å²) in [6.45, 7) is 3.62. The Labute approximate surface area is 159 Å². The van der Waals surface area contributed by atoms with Crippen molar-refractivity contribution in [3.63, 3.8) is 0 Å². The zero-order chi connectivity index (χ0) is 19.4. The number of nitrogens with two attached hydrogens (primary N) is 1. The summed E-state index contributed by atoms with van der Waals surface area (Å²) >= 11 is 0. The van der Waals surface area contributed by atoms with Crippen molar-refractivity contribution < 1.29 is 4.79 Å². The number of hydrogen-bond donors (Lipinski definition) is 3. The molecule has 0 aliphatic heterocycles. The molecule has 3 rings (SSSR count). The van der Waals surface area contributed by atoms with Crippen LogP contribution in [0.15, 0.2) is 30.3 Å². The number of aromatic nitrogens is 3. The molecule has 1 amide bonds. The summed E-state index contributed by atoms with van der Waals surface area (Å²) in [6, 6.07) is 9.97. The number of nitrogen functional groups attached to an aromatic ring is 1. The van der Waals surface area contributed by atoms with Crippen LogP contribution < -0.4 is 11.1 Å². The van der Waals surface area contributed by atoms with Crippen LogP contribution in [0.1, 0.15) is 17.5 Å². The molecule has 0 fully saturated rings. The summed E-state index contributed by atoms with van der Waals surface area (Å²) in [6.07, 6.45) is 1.15. The maximum Gasteiger partial charge on any atom is 0.224 e. The Kier molecular flexibility index (Phi) is 5.71. The van der Waals surface area contributed by atoms with E-state index in [-0.39, 0.29) is 12.3 Å². The molecule has 2 aromatic heterocycles. The molecule has 4 N–H and O–H groups in total. The Morgan fingerprint density at radius 1 is 1.30 bits per heavy atom. The van der Waals surface area contributed by atoms with E-state index in [9.17, 15) is 4.79 Å². The topological polar surface area (TPSA) is 99.9 Å². The van der Waals surface area contributed by atoms with Gasteiger partial charge in [-0.1, -0.05) is 24.3 Å². The molecule has 1 aromatic carbocycles. The third-order valence-electron chi connectivity index (χ3n) is 4.51. The monoisotopic (exact) mass is 366 g/mol. The molecule has 0 bridgehead atoms. The number of hydrogen-bond acceptors (Lipinski definition) is 5. The first-order valence-electron chi connectivity index (χ1n) is 9.06. The third kappa shape index (κ3) is 4.43. The van der Waals surface area contributed by atoms with Crippen LogP contribution in [-0.2, 0) is 11.2 Å². The second kappa shape index (κ2) is 8.18. The van der Waals surface area contributed by atoms with Gasteiger partial charge in [0.25, 0.3) is 0 Å². The van der Waals surface area contributed by atoms with Crippen LogP contribution in [0.3, 0.4) is 0 Å². The summed E-state index contributed by atoms with van der Waals surface area (Å²) in [5.74, 6) is 0.404. The molecule has 7 nitrogen and oxygen atoms in total. The van der Waals surface area contributed by atoms with Crippen LogP contribution in [-0.4, -0.2) is 53.2 Å². The Morgan fingerprint density at radius 2 is 2.07 bits per heavy atom. The highest BCUT2D eigenvalue weighted by atomic mass is 16.1. The molecule has 142 valence electrons. The van der Waals surface area contributed by atoms with Gasteiger partial charge in [-0.25, -0.2) is 4.98 Å². The van der Waals surface area contributed by atoms with E-state index < -0.39 is 0 Å². The van der Waals surface area contributed by atoms with Crippen molar-refractivity contribution in [1.29, 1.82) is 0 Å². The number of pyridine rings is 1. The van der Waals surface area contributed by atoms with E-state index in [2.05, 4.69) is 25.4 Å². The molecule has 2 heterocycles. The van der Waals surface area contributed by atoms with Gasteiger partial charge in [0.05, 0.1) is 17.5 Å². The molecule has 7 heteroatoms. The molecule has 0 aliphatic rings. The minimum atomic E-state index is -0.0300. The van der Waals surface area contributed by atoms with Crippen LogP contribution >= 0.6 is 0 Å². The maximum atomic E-state index is 12.4. The number of benzene rings is 1. The number of rotatable bonds is 7. The van der Waals surface area contributed by atoms with Crippen molar-refractivity contribution in [2.24, 2.45) is 0 Å². The fraction of sp³-hybridized carbons (Fsp3) is 0.350. The average Bonchev–Trinajstić information content (AvgIpc) is 3.00. The molecule has 27 heavy (non-hydrogen) atoms. The van der Waals surface area contributed by atoms with E-state index in [1.807, 2.05) is 51.4 Å². The minimum Gasteiger partial charge on any atom is -0.384 e. The lowest BCUT2D eigenvalue weighted by molar-refractivity contribution is -0.120. The molecular weight excluding hydrogens is 340 g/mol. The van der Waals surface area contributed by atoms with Crippen molar-refractivity contribution in [3.8, 4) is 11.3 Å². The van der Waals surface area contributed by atoms with E-state index >= 15 is 0 Å². The maximum absolute atomic E-state index is 12.4. The van der Waals surface area contributed by atoms with E-state index in [4.69, 9.17) is 5.73 Å². The predicted molar refractivity (Wildman–Crippen MR) is 108 cm³/mol. The Hall–Kier alpha value is -2.93. The summed E-state index contributed by atoms with van der Waals surface area (Å²) in [5.41, 5.74) is 10.3. The van der Waals surface area contributed by atoms with Crippen LogP contribution in [0.2, 0.25) is 0 Å². The van der Waals surface area contributed by atoms with Crippen LogP contribution in [0.5, 0.6) is 0 Å². The molecular formula is C20H26N6O. The van der Waals surface area contributed by atoms with Gasteiger partial charge < -0.3 is 16.0 Å². The molecule has 0 spiro atoms. The summed E-state index contributed by atoms with van der Waals surface area (Å²) in [5, 5.41) is 10.7. The van der Waals surface area contributed by atoms with E-state index in [1.54, 1.807) is 0 Å². The normalized spacial score (nSPS) is 11.3. The van der Waals surface area contributed by atoms with Crippen LogP contribution in [0.4, 0.5) is 5.82 Å². The van der Waals surface area contributed by atoms with E-state index in [1.165, 1.54) is 0 Å². The zero-order valence-corrected chi connectivity index (χ0v) is 16.0. The number of carbonyl (C=O) groups excluding carboxylic acids is 1. The standard InChI is InChI=1S/C20H26N6O/c1-13-7-4-5-8-15(13)16-11-14(18-19(21)24-25-20(18)23-16)12-17(27)22-9-6-10-26(2)3/h4-5,7-8,11H,6,9-10,12H2,1-3H3,(H,22,27)(H3,21,23,24,25). The van der Waals surface area contributed by atoms with Crippen molar-refractivity contribution in [3.05, 3.63) is 41.5 Å². The highest BCUT2D eigenvalue weighted by Gasteiger charge is 2.16. The predicted octanol–water partition coefficient (Wildman–Crippen LogP) is 2.13. The fourth-order valence-electron chi connectivity index (χ4n) is 3.12. The molecule has 0 aliphatic carbocycles. The van der Waals surface area contributed by atoms with Gasteiger partial charge in [-0.3, -0.25) is 9.89 Å². The SMILES string of the molecule is Cc1ccccc1-c1cc(CC(=O)NCCCN(C)C)c2c(N)[nH]nc2n1. The molecule has 0 saturated carbocycles. The van der Waals surface area contributed by atoms with Gasteiger partial charge in [-0.15, -0.1) is 0 Å². The quantitative estimate of drug-likeness (QED) is 0.556. The second-order valence-corrected chi connectivity index (χ2v) is 7.00. The van der Waals surface area contributed by atoms with Gasteiger partial charge >= 0.3 is 0 Å². The number of H-pyrrole nitrogens is 1. The minimum absolute atomic E-state index is 0.0300. The Bertz CT molecular complexity index is 947. The number of fused-ring (bicyclic) bond motifs is 1. The lowest BCUT2D eigenvalue weighted by Gasteiger charge is -2.11. The third-order valence-corrected chi connectivity index (χ3v) is 4.51. The van der Waals surface area contributed by atoms with Crippen LogP contribution in [0, 0.1) is 6.92 Å². The van der Waals surface area contributed by atoms with Gasteiger partial charge in [0.15, 0.2) is 5.65 Å². The van der Waals surface area contributed by atoms with Crippen molar-refractivity contribution in [1.82, 2.24) is 25.4 Å². The first-order chi connectivity index (χ1) is 13.0. The van der Waals surface area contributed by atoms with Gasteiger partial charge in [-0.05, 0) is 51.2 Å². The van der Waals surface area contributed by atoms with Gasteiger partial charge in [0, 0.05) is 12.1 Å². The van der Waals surface area contributed by atoms with Gasteiger partial charge in [-0.2, -0.15) is 5.10 Å². The lowest BCUT2D eigenvalue weighted by atomic mass is 10.0. The molecule has 0 atom stereocenters. The van der Waals surface area contributed by atoms with E-state index in [0.29, 0.717) is 18.0 Å². The Balaban J connectivity index is 1.86. The first-order valence-corrected chi connectivity index (χ1v) is 9.06. The number of nitrogens with zero attached hydrogens (tertiary/aromatic N) is 3. The average molecular weight is 366 g/mol. The lowest BCUT2D eigenvalue weighted by Crippen LogP contribution is -2.28. The number of amides is 1. The number of aromatic amines is 1. The van der Waals surface area contributed by atoms with Crippen molar-refractivity contribution in [2.45, 2.75) is 19.8 Å². The molecule has 3 aromatic rings. The summed E-state index contributed by atoms with van der Waals surface area (Å²) in [4.78, 5) is 19.2. The zero-order valence-electron chi connectivity index (χ0n) is 16.0. The highest BCUT2D eigenvalue weighted by molar-refractivity contribution is 5.94. The number of aryl methyl sites for hydroxylation is 1. The van der Waals surface area contributed by atoms with Crippen molar-refractivity contribution in [2.75, 3.05) is 32.9 Å². The largest absolute Gasteiger partial charge is 0.384 e. The summed E-state index contributed by atoms with van der Waals surface area (Å²) in [7, 11) is 4.04. The first kappa shape index (κ1) is 18.8. The Morgan fingerprint density at radius 3 is 2.81 bits per heavy atom. The number of nitrogens with one attached hydrogen (secondary N) is 2. The van der Waals surface area contributed by atoms with Crippen molar-refractivity contribution >= 4 is 22.8 Å². The smallest absolute Gasteiger partial charge is 0.224 e.